The van der Waals surface area contributed by atoms with Crippen LogP contribution >= 0.6 is 0 Å². The minimum absolute atomic E-state index is 0.00515. The van der Waals surface area contributed by atoms with E-state index < -0.39 is 15.8 Å². The molecule has 0 saturated heterocycles. The molecule has 0 bridgehead atoms. The quantitative estimate of drug-likeness (QED) is 0.624. The number of methoxy groups -OCH3 is 1. The van der Waals surface area contributed by atoms with Gasteiger partial charge in [-0.2, -0.15) is 0 Å². The van der Waals surface area contributed by atoms with Crippen molar-refractivity contribution in [3.8, 4) is 5.75 Å². The lowest BCUT2D eigenvalue weighted by Gasteiger charge is -2.09. The molecule has 0 spiro atoms. The van der Waals surface area contributed by atoms with Gasteiger partial charge in [-0.15, -0.1) is 0 Å². The van der Waals surface area contributed by atoms with Gasteiger partial charge in [0.15, 0.2) is 16.4 Å². The molecule has 0 saturated carbocycles. The topological polar surface area (TPSA) is 95.7 Å². The summed E-state index contributed by atoms with van der Waals surface area (Å²) in [6, 6.07) is 4.12. The van der Waals surface area contributed by atoms with Crippen LogP contribution in [-0.2, 0) is 19.4 Å². The van der Waals surface area contributed by atoms with Gasteiger partial charge in [0.1, 0.15) is 5.75 Å². The molecule has 1 aromatic rings. The second-order valence-corrected chi connectivity index (χ2v) is 5.75. The van der Waals surface area contributed by atoms with Crippen LogP contribution in [0.3, 0.4) is 0 Å². The van der Waals surface area contributed by atoms with Crippen molar-refractivity contribution >= 4 is 21.5 Å². The zero-order valence-corrected chi connectivity index (χ0v) is 11.0. The molecule has 2 N–H and O–H groups in total. The lowest BCUT2D eigenvalue weighted by molar-refractivity contribution is -0.142. The van der Waals surface area contributed by atoms with Crippen molar-refractivity contribution in [3.63, 3.8) is 0 Å². The highest BCUT2D eigenvalue weighted by Crippen LogP contribution is 2.25. The standard InChI is InChI=1S/C11H15NO5S/c1-3-18(14,15)8-4-5-10(9(12)6-8)17-7-11(13)16-2/h4-6H,3,7,12H2,1-2H3. The van der Waals surface area contributed by atoms with Crippen molar-refractivity contribution < 1.29 is 22.7 Å². The molecule has 0 unspecified atom stereocenters. The summed E-state index contributed by atoms with van der Waals surface area (Å²) in [4.78, 5) is 11.0. The van der Waals surface area contributed by atoms with Gasteiger partial charge in [-0.05, 0) is 18.2 Å². The second-order valence-electron chi connectivity index (χ2n) is 3.47. The third-order valence-electron chi connectivity index (χ3n) is 2.29. The molecule has 0 fully saturated rings. The number of hydrogen-bond donors (Lipinski definition) is 1. The van der Waals surface area contributed by atoms with Crippen molar-refractivity contribution in [2.24, 2.45) is 0 Å². The maximum atomic E-state index is 11.6. The van der Waals surface area contributed by atoms with Crippen molar-refractivity contribution in [3.05, 3.63) is 18.2 Å². The lowest BCUT2D eigenvalue weighted by atomic mass is 10.3. The van der Waals surface area contributed by atoms with E-state index in [-0.39, 0.29) is 28.7 Å². The number of esters is 1. The highest BCUT2D eigenvalue weighted by Gasteiger charge is 2.14. The van der Waals surface area contributed by atoms with Crippen LogP contribution < -0.4 is 10.5 Å². The smallest absolute Gasteiger partial charge is 0.343 e. The number of anilines is 1. The molecule has 1 aromatic carbocycles. The zero-order valence-electron chi connectivity index (χ0n) is 10.2. The molecule has 0 amide bonds. The molecule has 0 aliphatic carbocycles. The van der Waals surface area contributed by atoms with Crippen molar-refractivity contribution in [1.82, 2.24) is 0 Å². The molecule has 6 nitrogen and oxygen atoms in total. The van der Waals surface area contributed by atoms with E-state index in [0.717, 1.165) is 0 Å². The lowest BCUT2D eigenvalue weighted by Crippen LogP contribution is -2.13. The van der Waals surface area contributed by atoms with Gasteiger partial charge in [0.05, 0.1) is 23.4 Å². The van der Waals surface area contributed by atoms with Crippen molar-refractivity contribution in [2.45, 2.75) is 11.8 Å². The van der Waals surface area contributed by atoms with Crippen LogP contribution in [0.5, 0.6) is 5.75 Å². The normalized spacial score (nSPS) is 11.0. The summed E-state index contributed by atoms with van der Waals surface area (Å²) < 4.78 is 32.7. The van der Waals surface area contributed by atoms with Gasteiger partial charge in [-0.25, -0.2) is 13.2 Å². The van der Waals surface area contributed by atoms with Gasteiger partial charge < -0.3 is 15.2 Å². The first-order valence-electron chi connectivity index (χ1n) is 5.22. The first kappa shape index (κ1) is 14.3. The van der Waals surface area contributed by atoms with Gasteiger partial charge >= 0.3 is 5.97 Å². The summed E-state index contributed by atoms with van der Waals surface area (Å²) in [7, 11) is -2.06. The molecule has 7 heteroatoms. The third kappa shape index (κ3) is 3.36. The van der Waals surface area contributed by atoms with Crippen molar-refractivity contribution in [1.29, 1.82) is 0 Å². The van der Waals surface area contributed by atoms with Gasteiger partial charge in [-0.3, -0.25) is 0 Å². The molecule has 0 aliphatic heterocycles. The molecule has 0 heterocycles. The third-order valence-corrected chi connectivity index (χ3v) is 4.03. The summed E-state index contributed by atoms with van der Waals surface area (Å²) in [5, 5.41) is 0. The largest absolute Gasteiger partial charge is 0.480 e. The molecule has 0 aromatic heterocycles. The van der Waals surface area contributed by atoms with E-state index in [0.29, 0.717) is 0 Å². The minimum Gasteiger partial charge on any atom is -0.480 e. The number of hydrogen-bond acceptors (Lipinski definition) is 6. The van der Waals surface area contributed by atoms with E-state index in [1.54, 1.807) is 6.92 Å². The molecule has 18 heavy (non-hydrogen) atoms. The van der Waals surface area contributed by atoms with E-state index in [1.165, 1.54) is 25.3 Å². The maximum absolute atomic E-state index is 11.6. The number of benzene rings is 1. The Morgan fingerprint density at radius 3 is 2.56 bits per heavy atom. The number of sulfone groups is 1. The summed E-state index contributed by atoms with van der Waals surface area (Å²) >= 11 is 0. The number of carbonyl (C=O) groups excluding carboxylic acids is 1. The summed E-state index contributed by atoms with van der Waals surface area (Å²) in [6.07, 6.45) is 0. The molecular formula is C11H15NO5S. The Kier molecular flexibility index (Phi) is 4.55. The van der Waals surface area contributed by atoms with Gasteiger partial charge in [-0.1, -0.05) is 6.92 Å². The number of ether oxygens (including phenoxy) is 2. The zero-order chi connectivity index (χ0) is 13.8. The van der Waals surface area contributed by atoms with E-state index in [1.807, 2.05) is 0 Å². The fourth-order valence-electron chi connectivity index (χ4n) is 1.21. The Labute approximate surface area is 106 Å². The Morgan fingerprint density at radius 1 is 1.39 bits per heavy atom. The summed E-state index contributed by atoms with van der Waals surface area (Å²) in [5.41, 5.74) is 5.82. The maximum Gasteiger partial charge on any atom is 0.343 e. The predicted octanol–water partition coefficient (Wildman–Crippen LogP) is 0.614. The Bertz CT molecular complexity index is 538. The number of carbonyl (C=O) groups is 1. The van der Waals surface area contributed by atoms with Gasteiger partial charge in [0.25, 0.3) is 0 Å². The first-order chi connectivity index (χ1) is 8.40. The highest BCUT2D eigenvalue weighted by molar-refractivity contribution is 7.91. The molecule has 1 rings (SSSR count). The average Bonchev–Trinajstić information content (AvgIpc) is 2.36. The number of nitrogens with two attached hydrogens (primary N) is 1. The van der Waals surface area contributed by atoms with Crippen LogP contribution in [0, 0.1) is 0 Å². The highest BCUT2D eigenvalue weighted by atomic mass is 32.2. The Morgan fingerprint density at radius 2 is 2.06 bits per heavy atom. The van der Waals surface area contributed by atoms with Gasteiger partial charge in [0.2, 0.25) is 0 Å². The summed E-state index contributed by atoms with van der Waals surface area (Å²) in [5.74, 6) is -0.301. The van der Waals surface area contributed by atoms with E-state index >= 15 is 0 Å². The average molecular weight is 273 g/mol. The van der Waals surface area contributed by atoms with Crippen LogP contribution in [0.25, 0.3) is 0 Å². The van der Waals surface area contributed by atoms with Crippen LogP contribution in [0.1, 0.15) is 6.92 Å². The SMILES string of the molecule is CCS(=O)(=O)c1ccc(OCC(=O)OC)c(N)c1. The van der Waals surface area contributed by atoms with Crippen LogP contribution in [-0.4, -0.2) is 33.9 Å². The summed E-state index contributed by atoms with van der Waals surface area (Å²) in [6.45, 7) is 1.27. The van der Waals surface area contributed by atoms with Gasteiger partial charge in [0, 0.05) is 0 Å². The van der Waals surface area contributed by atoms with Crippen LogP contribution in [0.4, 0.5) is 5.69 Å². The van der Waals surface area contributed by atoms with E-state index in [9.17, 15) is 13.2 Å². The molecule has 0 aliphatic rings. The fourth-order valence-corrected chi connectivity index (χ4v) is 2.13. The Balaban J connectivity index is 2.90. The van der Waals surface area contributed by atoms with Crippen LogP contribution in [0.15, 0.2) is 23.1 Å². The molecular weight excluding hydrogens is 258 g/mol. The number of nitrogen functional groups attached to an aromatic ring is 1. The molecule has 100 valence electrons. The second kappa shape index (κ2) is 5.72. The van der Waals surface area contributed by atoms with E-state index in [4.69, 9.17) is 10.5 Å². The minimum atomic E-state index is -3.30. The number of rotatable bonds is 5. The van der Waals surface area contributed by atoms with Crippen LogP contribution in [0.2, 0.25) is 0 Å². The fraction of sp³-hybridized carbons (Fsp3) is 0.364. The predicted molar refractivity (Wildman–Crippen MR) is 66.1 cm³/mol. The Hall–Kier alpha value is -1.76. The molecule has 0 radical (unpaired) electrons. The van der Waals surface area contributed by atoms with E-state index in [2.05, 4.69) is 4.74 Å². The monoisotopic (exact) mass is 273 g/mol. The van der Waals surface area contributed by atoms with Crippen molar-refractivity contribution in [2.75, 3.05) is 25.2 Å². The molecule has 0 atom stereocenters. The first-order valence-corrected chi connectivity index (χ1v) is 6.88.